The van der Waals surface area contributed by atoms with Crippen molar-refractivity contribution in [3.63, 3.8) is 0 Å². The molecular formula is C21H28N2O5. The summed E-state index contributed by atoms with van der Waals surface area (Å²) in [5.41, 5.74) is 0.389. The first kappa shape index (κ1) is 20.3. The van der Waals surface area contributed by atoms with Gasteiger partial charge in [-0.3, -0.25) is 9.69 Å². The molecule has 0 aliphatic carbocycles. The fraction of sp³-hybridized carbons (Fsp3) is 0.571. The number of ether oxygens (including phenoxy) is 2. The second-order valence-corrected chi connectivity index (χ2v) is 8.34. The van der Waals surface area contributed by atoms with Gasteiger partial charge in [-0.05, 0) is 33.3 Å². The molecule has 2 fully saturated rings. The second kappa shape index (κ2) is 7.91. The quantitative estimate of drug-likeness (QED) is 0.738. The highest BCUT2D eigenvalue weighted by atomic mass is 16.6. The van der Waals surface area contributed by atoms with Crippen molar-refractivity contribution in [1.82, 2.24) is 9.80 Å². The van der Waals surface area contributed by atoms with Gasteiger partial charge in [0.2, 0.25) is 5.91 Å². The van der Waals surface area contributed by atoms with Gasteiger partial charge in [-0.15, -0.1) is 0 Å². The highest BCUT2D eigenvalue weighted by molar-refractivity contribution is 6.01. The van der Waals surface area contributed by atoms with E-state index < -0.39 is 29.6 Å². The first-order valence-corrected chi connectivity index (χ1v) is 9.70. The number of carbonyl (C=O) groups excluding carboxylic acids is 3. The molecule has 0 spiro atoms. The van der Waals surface area contributed by atoms with Crippen LogP contribution in [-0.2, 0) is 25.6 Å². The highest BCUT2D eigenvalue weighted by Crippen LogP contribution is 2.39. The highest BCUT2D eigenvalue weighted by Gasteiger charge is 2.58. The Morgan fingerprint density at radius 2 is 1.82 bits per heavy atom. The molecule has 7 nitrogen and oxygen atoms in total. The molecule has 3 rings (SSSR count). The van der Waals surface area contributed by atoms with Crippen LogP contribution in [0, 0.1) is 11.8 Å². The minimum Gasteiger partial charge on any atom is -0.464 e. The molecule has 1 aromatic rings. The van der Waals surface area contributed by atoms with Gasteiger partial charge >= 0.3 is 12.1 Å². The Labute approximate surface area is 165 Å². The minimum atomic E-state index is -0.937. The number of nitrogens with zero attached hydrogens (tertiary/aromatic N) is 2. The van der Waals surface area contributed by atoms with Gasteiger partial charge in [-0.2, -0.15) is 0 Å². The average molecular weight is 388 g/mol. The van der Waals surface area contributed by atoms with Crippen molar-refractivity contribution >= 4 is 18.0 Å². The number of carbonyl (C=O) groups is 3. The standard InChI is InChI=1S/C21H28N2O5/c1-5-27-19(25)17-15-12-22(11-14-9-7-6-8-10-14)13-16(15)18(24)23(17)20(26)28-21(2,3)4/h6-10,15-17H,5,11-13H2,1-4H3/t15-,16+,17-/m0/s1. The molecule has 0 N–H and O–H groups in total. The maximum atomic E-state index is 13.0. The number of hydrogen-bond donors (Lipinski definition) is 0. The summed E-state index contributed by atoms with van der Waals surface area (Å²) in [7, 11) is 0. The van der Waals surface area contributed by atoms with Crippen molar-refractivity contribution in [3.05, 3.63) is 35.9 Å². The summed E-state index contributed by atoms with van der Waals surface area (Å²) in [5, 5.41) is 0. The molecule has 3 atom stereocenters. The van der Waals surface area contributed by atoms with Crippen molar-refractivity contribution in [2.45, 2.75) is 45.9 Å². The lowest BCUT2D eigenvalue weighted by Gasteiger charge is -2.29. The number of fused-ring (bicyclic) bond motifs is 1. The van der Waals surface area contributed by atoms with E-state index in [0.29, 0.717) is 19.6 Å². The van der Waals surface area contributed by atoms with Crippen LogP contribution in [0.2, 0.25) is 0 Å². The van der Waals surface area contributed by atoms with Crippen molar-refractivity contribution in [3.8, 4) is 0 Å². The monoisotopic (exact) mass is 388 g/mol. The molecule has 0 aromatic heterocycles. The van der Waals surface area contributed by atoms with Crippen LogP contribution < -0.4 is 0 Å². The van der Waals surface area contributed by atoms with E-state index in [1.54, 1.807) is 27.7 Å². The summed E-state index contributed by atoms with van der Waals surface area (Å²) >= 11 is 0. The topological polar surface area (TPSA) is 76.2 Å². The lowest BCUT2D eigenvalue weighted by atomic mass is 9.94. The molecule has 0 unspecified atom stereocenters. The van der Waals surface area contributed by atoms with Gasteiger partial charge in [0.25, 0.3) is 0 Å². The molecule has 2 amide bonds. The third kappa shape index (κ3) is 4.19. The van der Waals surface area contributed by atoms with Crippen LogP contribution >= 0.6 is 0 Å². The third-order valence-electron chi connectivity index (χ3n) is 5.05. The van der Waals surface area contributed by atoms with Gasteiger partial charge in [0.05, 0.1) is 12.5 Å². The fourth-order valence-corrected chi connectivity index (χ4v) is 4.00. The van der Waals surface area contributed by atoms with Gasteiger partial charge in [0, 0.05) is 25.6 Å². The van der Waals surface area contributed by atoms with Crippen molar-refractivity contribution in [2.24, 2.45) is 11.8 Å². The zero-order valence-electron chi connectivity index (χ0n) is 16.9. The molecule has 7 heteroatoms. The lowest BCUT2D eigenvalue weighted by molar-refractivity contribution is -0.152. The van der Waals surface area contributed by atoms with E-state index >= 15 is 0 Å². The zero-order chi connectivity index (χ0) is 20.5. The van der Waals surface area contributed by atoms with E-state index in [1.807, 2.05) is 30.3 Å². The predicted molar refractivity (Wildman–Crippen MR) is 102 cm³/mol. The van der Waals surface area contributed by atoms with Crippen LogP contribution in [0.5, 0.6) is 0 Å². The molecule has 1 aromatic carbocycles. The maximum Gasteiger partial charge on any atom is 0.417 e. The van der Waals surface area contributed by atoms with E-state index in [4.69, 9.17) is 9.47 Å². The fourth-order valence-electron chi connectivity index (χ4n) is 4.00. The van der Waals surface area contributed by atoms with E-state index in [2.05, 4.69) is 4.90 Å². The van der Waals surface area contributed by atoms with Gasteiger partial charge in [0.1, 0.15) is 11.6 Å². The molecule has 28 heavy (non-hydrogen) atoms. The van der Waals surface area contributed by atoms with Crippen LogP contribution in [0.15, 0.2) is 30.3 Å². The number of benzene rings is 1. The molecular weight excluding hydrogens is 360 g/mol. The summed E-state index contributed by atoms with van der Waals surface area (Å²) in [4.78, 5) is 41.5. The Kier molecular flexibility index (Phi) is 5.74. The van der Waals surface area contributed by atoms with Gasteiger partial charge < -0.3 is 9.47 Å². The number of hydrogen-bond acceptors (Lipinski definition) is 6. The Morgan fingerprint density at radius 1 is 1.14 bits per heavy atom. The first-order valence-electron chi connectivity index (χ1n) is 9.70. The summed E-state index contributed by atoms with van der Waals surface area (Å²) in [6, 6.07) is 9.04. The Balaban J connectivity index is 1.80. The van der Waals surface area contributed by atoms with Crippen LogP contribution in [0.3, 0.4) is 0 Å². The number of esters is 1. The summed E-state index contributed by atoms with van der Waals surface area (Å²) < 4.78 is 10.6. The summed E-state index contributed by atoms with van der Waals surface area (Å²) in [6.45, 7) is 8.84. The van der Waals surface area contributed by atoms with Crippen LogP contribution in [0.25, 0.3) is 0 Å². The number of likely N-dealkylation sites (tertiary alicyclic amines) is 2. The van der Waals surface area contributed by atoms with E-state index in [-0.39, 0.29) is 18.4 Å². The number of rotatable bonds is 4. The molecule has 0 saturated carbocycles. The molecule has 0 bridgehead atoms. The zero-order valence-corrected chi connectivity index (χ0v) is 16.9. The van der Waals surface area contributed by atoms with Crippen LogP contribution in [0.4, 0.5) is 4.79 Å². The van der Waals surface area contributed by atoms with E-state index in [1.165, 1.54) is 0 Å². The van der Waals surface area contributed by atoms with E-state index in [9.17, 15) is 14.4 Å². The van der Waals surface area contributed by atoms with Crippen LogP contribution in [-0.4, -0.2) is 59.1 Å². The predicted octanol–water partition coefficient (Wildman–Crippen LogP) is 2.44. The molecule has 2 aliphatic heterocycles. The van der Waals surface area contributed by atoms with Crippen molar-refractivity contribution < 1.29 is 23.9 Å². The molecule has 152 valence electrons. The normalized spacial score (nSPS) is 24.9. The molecule has 2 aliphatic rings. The number of imide groups is 1. The minimum absolute atomic E-state index is 0.191. The Hall–Kier alpha value is -2.41. The van der Waals surface area contributed by atoms with Gasteiger partial charge in [0.15, 0.2) is 0 Å². The Bertz CT molecular complexity index is 743. The smallest absolute Gasteiger partial charge is 0.417 e. The summed E-state index contributed by atoms with van der Waals surface area (Å²) in [6.07, 6.45) is -0.778. The second-order valence-electron chi connectivity index (χ2n) is 8.34. The Morgan fingerprint density at radius 3 is 2.43 bits per heavy atom. The van der Waals surface area contributed by atoms with Gasteiger partial charge in [-0.25, -0.2) is 14.5 Å². The average Bonchev–Trinajstić information content (AvgIpc) is 3.12. The summed E-state index contributed by atoms with van der Waals surface area (Å²) in [5.74, 6) is -1.60. The lowest BCUT2D eigenvalue weighted by Crippen LogP contribution is -2.49. The molecule has 2 saturated heterocycles. The largest absolute Gasteiger partial charge is 0.464 e. The SMILES string of the molecule is CCOC(=O)[C@@H]1[C@H]2CN(Cc3ccccc3)C[C@H]2C(=O)N1C(=O)OC(C)(C)C. The first-order chi connectivity index (χ1) is 13.2. The maximum absolute atomic E-state index is 13.0. The van der Waals surface area contributed by atoms with Gasteiger partial charge in [-0.1, -0.05) is 30.3 Å². The van der Waals surface area contributed by atoms with Crippen molar-refractivity contribution in [2.75, 3.05) is 19.7 Å². The third-order valence-corrected chi connectivity index (χ3v) is 5.05. The molecule has 0 radical (unpaired) electrons. The number of amides is 2. The van der Waals surface area contributed by atoms with Crippen LogP contribution in [0.1, 0.15) is 33.3 Å². The van der Waals surface area contributed by atoms with Crippen molar-refractivity contribution in [1.29, 1.82) is 0 Å². The molecule has 2 heterocycles. The van der Waals surface area contributed by atoms with E-state index in [0.717, 1.165) is 10.5 Å².